The SMILES string of the molecule is O=C(Nc1ccccc1[N+](=O)[O-])c1ccc(-c2ncccc2Cl)cc1. The lowest BCUT2D eigenvalue weighted by Gasteiger charge is -2.07. The summed E-state index contributed by atoms with van der Waals surface area (Å²) in [5.74, 6) is -0.437. The summed E-state index contributed by atoms with van der Waals surface area (Å²) in [6.07, 6.45) is 1.64. The second-order valence-corrected chi connectivity index (χ2v) is 5.55. The molecule has 124 valence electrons. The first-order valence-electron chi connectivity index (χ1n) is 7.32. The number of nitro benzene ring substituents is 1. The number of carbonyl (C=O) groups is 1. The third-order valence-electron chi connectivity index (χ3n) is 3.53. The predicted octanol–water partition coefficient (Wildman–Crippen LogP) is 4.56. The minimum absolute atomic E-state index is 0.148. The zero-order valence-electron chi connectivity index (χ0n) is 12.8. The highest BCUT2D eigenvalue weighted by atomic mass is 35.5. The fourth-order valence-corrected chi connectivity index (χ4v) is 2.54. The molecule has 1 amide bonds. The summed E-state index contributed by atoms with van der Waals surface area (Å²) < 4.78 is 0. The van der Waals surface area contributed by atoms with Crippen LogP contribution in [0.4, 0.5) is 11.4 Å². The third-order valence-corrected chi connectivity index (χ3v) is 3.83. The Kier molecular flexibility index (Phi) is 4.72. The van der Waals surface area contributed by atoms with Crippen molar-refractivity contribution in [3.05, 3.63) is 87.6 Å². The van der Waals surface area contributed by atoms with Gasteiger partial charge in [0.25, 0.3) is 11.6 Å². The number of nitrogens with zero attached hydrogens (tertiary/aromatic N) is 2. The number of nitro groups is 1. The Morgan fingerprint density at radius 2 is 1.76 bits per heavy atom. The Labute approximate surface area is 148 Å². The summed E-state index contributed by atoms with van der Waals surface area (Å²) in [6.45, 7) is 0. The Bertz CT molecular complexity index is 942. The first-order chi connectivity index (χ1) is 12.1. The molecule has 0 fully saturated rings. The normalized spacial score (nSPS) is 10.3. The number of hydrogen-bond donors (Lipinski definition) is 1. The molecule has 0 spiro atoms. The van der Waals surface area contributed by atoms with Gasteiger partial charge in [0.15, 0.2) is 0 Å². The van der Waals surface area contributed by atoms with Gasteiger partial charge in [-0.3, -0.25) is 19.9 Å². The van der Waals surface area contributed by atoms with Gasteiger partial charge < -0.3 is 5.32 Å². The number of anilines is 1. The van der Waals surface area contributed by atoms with Gasteiger partial charge in [-0.05, 0) is 30.3 Å². The van der Waals surface area contributed by atoms with Gasteiger partial charge in [0.2, 0.25) is 0 Å². The first kappa shape index (κ1) is 16.6. The molecule has 6 nitrogen and oxygen atoms in total. The van der Waals surface area contributed by atoms with Crippen molar-refractivity contribution in [2.75, 3.05) is 5.32 Å². The molecule has 1 heterocycles. The molecule has 0 bridgehead atoms. The van der Waals surface area contributed by atoms with Crippen LogP contribution in [0, 0.1) is 10.1 Å². The highest BCUT2D eigenvalue weighted by molar-refractivity contribution is 6.33. The number of pyridine rings is 1. The maximum atomic E-state index is 12.3. The topological polar surface area (TPSA) is 85.1 Å². The van der Waals surface area contributed by atoms with Gasteiger partial charge in [-0.2, -0.15) is 0 Å². The number of carbonyl (C=O) groups excluding carboxylic acids is 1. The molecule has 0 saturated heterocycles. The van der Waals surface area contributed by atoms with E-state index in [4.69, 9.17) is 11.6 Å². The summed E-state index contributed by atoms with van der Waals surface area (Å²) in [4.78, 5) is 27.0. The van der Waals surface area contributed by atoms with E-state index in [0.29, 0.717) is 16.3 Å². The molecule has 3 rings (SSSR count). The minimum atomic E-state index is -0.540. The quantitative estimate of drug-likeness (QED) is 0.550. The van der Waals surface area contributed by atoms with E-state index in [9.17, 15) is 14.9 Å². The molecule has 0 aliphatic heterocycles. The van der Waals surface area contributed by atoms with Crippen molar-refractivity contribution >= 4 is 28.9 Å². The second kappa shape index (κ2) is 7.11. The van der Waals surface area contributed by atoms with Crippen molar-refractivity contribution < 1.29 is 9.72 Å². The van der Waals surface area contributed by atoms with Crippen molar-refractivity contribution in [1.29, 1.82) is 0 Å². The number of aromatic nitrogens is 1. The Morgan fingerprint density at radius 1 is 1.04 bits per heavy atom. The summed E-state index contributed by atoms with van der Waals surface area (Å²) in [5, 5.41) is 14.1. The van der Waals surface area contributed by atoms with Crippen LogP contribution in [0.1, 0.15) is 10.4 Å². The molecule has 1 aromatic heterocycles. The summed E-state index contributed by atoms with van der Waals surface area (Å²) in [6, 6.07) is 16.1. The van der Waals surface area contributed by atoms with E-state index in [2.05, 4.69) is 10.3 Å². The lowest BCUT2D eigenvalue weighted by molar-refractivity contribution is -0.383. The monoisotopic (exact) mass is 353 g/mol. The number of amides is 1. The van der Waals surface area contributed by atoms with E-state index in [1.807, 2.05) is 0 Å². The van der Waals surface area contributed by atoms with Crippen LogP contribution >= 0.6 is 11.6 Å². The molecule has 0 aliphatic carbocycles. The number of rotatable bonds is 4. The van der Waals surface area contributed by atoms with Crippen LogP contribution in [-0.4, -0.2) is 15.8 Å². The van der Waals surface area contributed by atoms with E-state index < -0.39 is 10.8 Å². The van der Waals surface area contributed by atoms with E-state index in [1.165, 1.54) is 12.1 Å². The molecular formula is C18H12ClN3O3. The molecule has 3 aromatic rings. The Balaban J connectivity index is 1.83. The van der Waals surface area contributed by atoms with Crippen molar-refractivity contribution in [1.82, 2.24) is 4.98 Å². The molecule has 0 radical (unpaired) electrons. The molecule has 7 heteroatoms. The van der Waals surface area contributed by atoms with Gasteiger partial charge in [-0.15, -0.1) is 0 Å². The van der Waals surface area contributed by atoms with Crippen LogP contribution in [-0.2, 0) is 0 Å². The predicted molar refractivity (Wildman–Crippen MR) is 95.7 cm³/mol. The number of para-hydroxylation sites is 2. The van der Waals surface area contributed by atoms with Crippen molar-refractivity contribution in [2.24, 2.45) is 0 Å². The van der Waals surface area contributed by atoms with Gasteiger partial charge >= 0.3 is 0 Å². The molecule has 0 aliphatic rings. The Hall–Kier alpha value is -3.25. The molecular weight excluding hydrogens is 342 g/mol. The number of hydrogen-bond acceptors (Lipinski definition) is 4. The minimum Gasteiger partial charge on any atom is -0.316 e. The summed E-state index contributed by atoms with van der Waals surface area (Å²) in [5.41, 5.74) is 1.75. The summed E-state index contributed by atoms with van der Waals surface area (Å²) in [7, 11) is 0. The maximum Gasteiger partial charge on any atom is 0.292 e. The molecule has 25 heavy (non-hydrogen) atoms. The van der Waals surface area contributed by atoms with Crippen LogP contribution in [0.2, 0.25) is 5.02 Å². The smallest absolute Gasteiger partial charge is 0.292 e. The molecule has 1 N–H and O–H groups in total. The average molecular weight is 354 g/mol. The van der Waals surface area contributed by atoms with E-state index in [-0.39, 0.29) is 11.4 Å². The standard InChI is InChI=1S/C18H12ClN3O3/c19-14-4-3-11-20-17(14)12-7-9-13(10-8-12)18(23)21-15-5-1-2-6-16(15)22(24)25/h1-11H,(H,21,23). The van der Waals surface area contributed by atoms with Crippen LogP contribution < -0.4 is 5.32 Å². The lowest BCUT2D eigenvalue weighted by Crippen LogP contribution is -2.13. The van der Waals surface area contributed by atoms with Gasteiger partial charge in [0.1, 0.15) is 5.69 Å². The molecule has 0 atom stereocenters. The summed E-state index contributed by atoms with van der Waals surface area (Å²) >= 11 is 6.11. The van der Waals surface area contributed by atoms with Gasteiger partial charge in [0, 0.05) is 23.4 Å². The van der Waals surface area contributed by atoms with Crippen molar-refractivity contribution in [3.63, 3.8) is 0 Å². The highest BCUT2D eigenvalue weighted by Gasteiger charge is 2.16. The van der Waals surface area contributed by atoms with Crippen LogP contribution in [0.3, 0.4) is 0 Å². The highest BCUT2D eigenvalue weighted by Crippen LogP contribution is 2.26. The van der Waals surface area contributed by atoms with Gasteiger partial charge in [0.05, 0.1) is 15.6 Å². The van der Waals surface area contributed by atoms with Gasteiger partial charge in [-0.1, -0.05) is 35.9 Å². The first-order valence-corrected chi connectivity index (χ1v) is 7.70. The van der Waals surface area contributed by atoms with E-state index in [1.54, 1.807) is 54.7 Å². The van der Waals surface area contributed by atoms with Crippen LogP contribution in [0.5, 0.6) is 0 Å². The largest absolute Gasteiger partial charge is 0.316 e. The lowest BCUT2D eigenvalue weighted by atomic mass is 10.1. The number of nitrogens with one attached hydrogen (secondary N) is 1. The van der Waals surface area contributed by atoms with Crippen molar-refractivity contribution in [2.45, 2.75) is 0 Å². The maximum absolute atomic E-state index is 12.3. The zero-order chi connectivity index (χ0) is 17.8. The van der Waals surface area contributed by atoms with Crippen molar-refractivity contribution in [3.8, 4) is 11.3 Å². The van der Waals surface area contributed by atoms with Crippen LogP contribution in [0.15, 0.2) is 66.9 Å². The third kappa shape index (κ3) is 3.64. The fourth-order valence-electron chi connectivity index (χ4n) is 2.31. The molecule has 2 aromatic carbocycles. The van der Waals surface area contributed by atoms with E-state index in [0.717, 1.165) is 5.56 Å². The van der Waals surface area contributed by atoms with Crippen LogP contribution in [0.25, 0.3) is 11.3 Å². The van der Waals surface area contributed by atoms with E-state index >= 15 is 0 Å². The number of halogens is 1. The second-order valence-electron chi connectivity index (χ2n) is 5.14. The molecule has 0 unspecified atom stereocenters. The Morgan fingerprint density at radius 3 is 2.44 bits per heavy atom. The van der Waals surface area contributed by atoms with Gasteiger partial charge in [-0.25, -0.2) is 0 Å². The zero-order valence-corrected chi connectivity index (χ0v) is 13.6. The average Bonchev–Trinajstić information content (AvgIpc) is 2.62. The molecule has 0 saturated carbocycles. The number of benzene rings is 2. The fraction of sp³-hybridized carbons (Fsp3) is 0.